The molecule has 1 fully saturated rings. The van der Waals surface area contributed by atoms with Crippen LogP contribution in [0.25, 0.3) is 0 Å². The van der Waals surface area contributed by atoms with Gasteiger partial charge in [-0.15, -0.1) is 0 Å². The Kier molecular flexibility index (Phi) is 5.15. The Morgan fingerprint density at radius 2 is 1.91 bits per heavy atom. The maximum absolute atomic E-state index is 10.6. The molecular weight excluding hydrogens is 274 g/mol. The Hall–Kier alpha value is -1.51. The van der Waals surface area contributed by atoms with E-state index in [9.17, 15) is 5.11 Å². The molecule has 1 aromatic carbocycles. The minimum atomic E-state index is -0.140. The molecule has 1 N–H and O–H groups in total. The highest BCUT2D eigenvalue weighted by Crippen LogP contribution is 2.36. The normalized spacial score (nSPS) is 23.0. The van der Waals surface area contributed by atoms with Crippen molar-refractivity contribution in [2.45, 2.75) is 64.8 Å². The molecule has 22 heavy (non-hydrogen) atoms. The fourth-order valence-corrected chi connectivity index (χ4v) is 3.11. The number of aromatic hydroxyl groups is 1. The second-order valence-electron chi connectivity index (χ2n) is 7.47. The zero-order valence-corrected chi connectivity index (χ0v) is 14.5. The number of rotatable bonds is 3. The highest BCUT2D eigenvalue weighted by atomic mass is 16.5. The van der Waals surface area contributed by atoms with Crippen LogP contribution in [-0.4, -0.2) is 24.5 Å². The van der Waals surface area contributed by atoms with Gasteiger partial charge in [0.2, 0.25) is 0 Å². The van der Waals surface area contributed by atoms with Crippen LogP contribution in [0.3, 0.4) is 0 Å². The minimum Gasteiger partial charge on any atom is -0.507 e. The van der Waals surface area contributed by atoms with Gasteiger partial charge >= 0.3 is 0 Å². The van der Waals surface area contributed by atoms with E-state index in [4.69, 9.17) is 9.73 Å². The number of phenolic OH excluding ortho intramolecular Hbond substituents is 1. The Labute approximate surface area is 134 Å². The molecule has 2 rings (SSSR count). The molecule has 0 heterocycles. The maximum atomic E-state index is 10.6. The summed E-state index contributed by atoms with van der Waals surface area (Å²) in [6.07, 6.45) is 6.79. The molecule has 0 bridgehead atoms. The Morgan fingerprint density at radius 1 is 1.23 bits per heavy atom. The Morgan fingerprint density at radius 3 is 2.50 bits per heavy atom. The number of ether oxygens (including phenoxy) is 1. The van der Waals surface area contributed by atoms with Gasteiger partial charge in [0, 0.05) is 17.3 Å². The molecule has 1 saturated carbocycles. The summed E-state index contributed by atoms with van der Waals surface area (Å²) in [5, 5.41) is 10.6. The molecule has 3 nitrogen and oxygen atoms in total. The SMILES string of the molecule is COc1cc(C=NC2CCCCC2C)c(O)c(C(C)(C)C)c1. The van der Waals surface area contributed by atoms with Crippen LogP contribution in [-0.2, 0) is 5.41 Å². The van der Waals surface area contributed by atoms with Gasteiger partial charge in [-0.25, -0.2) is 0 Å². The molecular formula is C19H29NO2. The van der Waals surface area contributed by atoms with Crippen molar-refractivity contribution in [2.24, 2.45) is 10.9 Å². The summed E-state index contributed by atoms with van der Waals surface area (Å²) in [7, 11) is 1.66. The average Bonchev–Trinajstić information content (AvgIpc) is 2.46. The number of nitrogens with zero attached hydrogens (tertiary/aromatic N) is 1. The summed E-state index contributed by atoms with van der Waals surface area (Å²) in [4.78, 5) is 4.75. The first-order valence-corrected chi connectivity index (χ1v) is 8.27. The molecule has 0 saturated heterocycles. The molecule has 1 aromatic rings. The molecule has 0 amide bonds. The number of hydrogen-bond acceptors (Lipinski definition) is 3. The quantitative estimate of drug-likeness (QED) is 0.823. The Bertz CT molecular complexity index is 543. The third kappa shape index (κ3) is 3.82. The van der Waals surface area contributed by atoms with E-state index in [2.05, 4.69) is 27.7 Å². The molecule has 0 spiro atoms. The lowest BCUT2D eigenvalue weighted by Crippen LogP contribution is -2.20. The van der Waals surface area contributed by atoms with Crippen LogP contribution < -0.4 is 4.74 Å². The van der Waals surface area contributed by atoms with Crippen molar-refractivity contribution in [1.82, 2.24) is 0 Å². The zero-order chi connectivity index (χ0) is 16.3. The predicted octanol–water partition coefficient (Wildman–Crippen LogP) is 4.70. The zero-order valence-electron chi connectivity index (χ0n) is 14.5. The second kappa shape index (κ2) is 6.72. The first-order chi connectivity index (χ1) is 10.3. The molecule has 1 aliphatic rings. The summed E-state index contributed by atoms with van der Waals surface area (Å²) in [5.74, 6) is 1.71. The topological polar surface area (TPSA) is 41.8 Å². The van der Waals surface area contributed by atoms with E-state index in [1.807, 2.05) is 18.3 Å². The minimum absolute atomic E-state index is 0.140. The van der Waals surface area contributed by atoms with Gasteiger partial charge in [0.15, 0.2) is 0 Å². The molecule has 0 aliphatic heterocycles. The van der Waals surface area contributed by atoms with Crippen LogP contribution in [0.5, 0.6) is 11.5 Å². The van der Waals surface area contributed by atoms with E-state index in [1.165, 1.54) is 19.3 Å². The van der Waals surface area contributed by atoms with Crippen molar-refractivity contribution in [1.29, 1.82) is 0 Å². The predicted molar refractivity (Wildman–Crippen MR) is 92.4 cm³/mol. The maximum Gasteiger partial charge on any atom is 0.128 e. The highest BCUT2D eigenvalue weighted by Gasteiger charge is 2.22. The number of phenols is 1. The largest absolute Gasteiger partial charge is 0.507 e. The van der Waals surface area contributed by atoms with E-state index in [0.717, 1.165) is 23.3 Å². The highest BCUT2D eigenvalue weighted by molar-refractivity contribution is 5.85. The molecule has 122 valence electrons. The second-order valence-corrected chi connectivity index (χ2v) is 7.47. The van der Waals surface area contributed by atoms with Crippen LogP contribution >= 0.6 is 0 Å². The fourth-order valence-electron chi connectivity index (χ4n) is 3.11. The van der Waals surface area contributed by atoms with E-state index in [0.29, 0.717) is 17.7 Å². The monoisotopic (exact) mass is 303 g/mol. The summed E-state index contributed by atoms with van der Waals surface area (Å²) < 4.78 is 5.39. The number of hydrogen-bond donors (Lipinski definition) is 1. The van der Waals surface area contributed by atoms with Crippen molar-refractivity contribution in [3.05, 3.63) is 23.3 Å². The van der Waals surface area contributed by atoms with Gasteiger partial charge in [-0.3, -0.25) is 4.99 Å². The lowest BCUT2D eigenvalue weighted by molar-refractivity contribution is 0.333. The van der Waals surface area contributed by atoms with E-state index in [1.54, 1.807) is 7.11 Å². The van der Waals surface area contributed by atoms with Crippen LogP contribution in [0.4, 0.5) is 0 Å². The lowest BCUT2D eigenvalue weighted by Gasteiger charge is -2.25. The van der Waals surface area contributed by atoms with Crippen molar-refractivity contribution in [2.75, 3.05) is 7.11 Å². The number of benzene rings is 1. The molecule has 0 aromatic heterocycles. The molecule has 2 atom stereocenters. The number of aliphatic imine (C=N–C) groups is 1. The summed E-state index contributed by atoms with van der Waals surface area (Å²) >= 11 is 0. The van der Waals surface area contributed by atoms with Gasteiger partial charge < -0.3 is 9.84 Å². The standard InChI is InChI=1S/C19H29NO2/c1-13-8-6-7-9-17(13)20-12-14-10-15(22-5)11-16(18(14)21)19(2,3)4/h10-13,17,21H,6-9H2,1-5H3. The average molecular weight is 303 g/mol. The van der Waals surface area contributed by atoms with Crippen molar-refractivity contribution >= 4 is 6.21 Å². The third-order valence-corrected chi connectivity index (χ3v) is 4.63. The van der Waals surface area contributed by atoms with Crippen LogP contribution in [0, 0.1) is 5.92 Å². The van der Waals surface area contributed by atoms with Crippen LogP contribution in [0.15, 0.2) is 17.1 Å². The van der Waals surface area contributed by atoms with Gasteiger partial charge in [0.25, 0.3) is 0 Å². The fraction of sp³-hybridized carbons (Fsp3) is 0.632. The lowest BCUT2D eigenvalue weighted by atomic mass is 9.85. The molecule has 0 radical (unpaired) electrons. The van der Waals surface area contributed by atoms with E-state index >= 15 is 0 Å². The molecule has 1 aliphatic carbocycles. The third-order valence-electron chi connectivity index (χ3n) is 4.63. The van der Waals surface area contributed by atoms with Gasteiger partial charge in [-0.05, 0) is 36.3 Å². The van der Waals surface area contributed by atoms with Crippen molar-refractivity contribution in [3.8, 4) is 11.5 Å². The smallest absolute Gasteiger partial charge is 0.128 e. The van der Waals surface area contributed by atoms with Crippen LogP contribution in [0.1, 0.15) is 64.5 Å². The Balaban J connectivity index is 2.33. The summed E-state index contributed by atoms with van der Waals surface area (Å²) in [5.41, 5.74) is 1.51. The van der Waals surface area contributed by atoms with Gasteiger partial charge in [-0.2, -0.15) is 0 Å². The number of methoxy groups -OCH3 is 1. The summed E-state index contributed by atoms with van der Waals surface area (Å²) in [6, 6.07) is 4.15. The van der Waals surface area contributed by atoms with Gasteiger partial charge in [0.1, 0.15) is 11.5 Å². The first-order valence-electron chi connectivity index (χ1n) is 8.27. The van der Waals surface area contributed by atoms with Crippen molar-refractivity contribution in [3.63, 3.8) is 0 Å². The van der Waals surface area contributed by atoms with Gasteiger partial charge in [-0.1, -0.05) is 40.5 Å². The van der Waals surface area contributed by atoms with Gasteiger partial charge in [0.05, 0.1) is 13.2 Å². The first kappa shape index (κ1) is 16.9. The molecule has 3 heteroatoms. The summed E-state index contributed by atoms with van der Waals surface area (Å²) in [6.45, 7) is 8.54. The molecule has 2 unspecified atom stereocenters. The van der Waals surface area contributed by atoms with E-state index in [-0.39, 0.29) is 5.41 Å². The van der Waals surface area contributed by atoms with E-state index < -0.39 is 0 Å². The van der Waals surface area contributed by atoms with Crippen molar-refractivity contribution < 1.29 is 9.84 Å². The van der Waals surface area contributed by atoms with Crippen LogP contribution in [0.2, 0.25) is 0 Å².